The Morgan fingerprint density at radius 1 is 1.21 bits per heavy atom. The molecule has 0 spiro atoms. The van der Waals surface area contributed by atoms with Crippen molar-refractivity contribution in [2.24, 2.45) is 0 Å². The number of halogens is 1. The molecule has 0 saturated carbocycles. The lowest BCUT2D eigenvalue weighted by atomic mass is 10.0. The summed E-state index contributed by atoms with van der Waals surface area (Å²) in [5, 5.41) is 1.90. The molecule has 1 aromatic heterocycles. The number of rotatable bonds is 5. The van der Waals surface area contributed by atoms with Crippen LogP contribution in [0, 0.1) is 5.82 Å². The van der Waals surface area contributed by atoms with E-state index in [4.69, 9.17) is 9.47 Å². The minimum atomic E-state index is -0.313. The maximum absolute atomic E-state index is 13.0. The third-order valence-electron chi connectivity index (χ3n) is 5.34. The number of amides is 2. The molecule has 0 N–H and O–H groups in total. The molecule has 29 heavy (non-hydrogen) atoms. The van der Waals surface area contributed by atoms with Gasteiger partial charge in [-0.2, -0.15) is 0 Å². The zero-order valence-corrected chi connectivity index (χ0v) is 16.8. The Morgan fingerprint density at radius 3 is 2.66 bits per heavy atom. The van der Waals surface area contributed by atoms with Gasteiger partial charge in [-0.05, 0) is 48.6 Å². The van der Waals surface area contributed by atoms with Crippen molar-refractivity contribution in [3.8, 4) is 5.75 Å². The molecule has 154 valence electrons. The number of nitrogens with zero attached hydrogens (tertiary/aromatic N) is 2. The van der Waals surface area contributed by atoms with Crippen molar-refractivity contribution in [2.75, 3.05) is 32.8 Å². The Morgan fingerprint density at radius 2 is 1.97 bits per heavy atom. The predicted octanol–water partition coefficient (Wildman–Crippen LogP) is 2.80. The van der Waals surface area contributed by atoms with Crippen molar-refractivity contribution in [3.05, 3.63) is 52.5 Å². The molecule has 0 bridgehead atoms. The van der Waals surface area contributed by atoms with Gasteiger partial charge in [-0.1, -0.05) is 6.07 Å². The predicted molar refractivity (Wildman–Crippen MR) is 107 cm³/mol. The van der Waals surface area contributed by atoms with Crippen molar-refractivity contribution in [2.45, 2.75) is 25.0 Å². The third-order valence-corrected chi connectivity index (χ3v) is 6.20. The molecule has 2 aliphatic heterocycles. The number of ether oxygens (including phenoxy) is 2. The van der Waals surface area contributed by atoms with Crippen LogP contribution in [0.25, 0.3) is 0 Å². The van der Waals surface area contributed by atoms with Crippen molar-refractivity contribution >= 4 is 23.2 Å². The molecule has 1 aromatic carbocycles. The smallest absolute Gasteiger partial charge is 0.263 e. The van der Waals surface area contributed by atoms with E-state index in [-0.39, 0.29) is 36.4 Å². The lowest BCUT2D eigenvalue weighted by Gasteiger charge is -2.42. The van der Waals surface area contributed by atoms with Gasteiger partial charge < -0.3 is 19.3 Å². The fourth-order valence-electron chi connectivity index (χ4n) is 3.76. The molecule has 2 saturated heterocycles. The first-order valence-corrected chi connectivity index (χ1v) is 10.6. The summed E-state index contributed by atoms with van der Waals surface area (Å²) in [5.41, 5.74) is 0. The van der Waals surface area contributed by atoms with E-state index in [1.165, 1.54) is 23.5 Å². The summed E-state index contributed by atoms with van der Waals surface area (Å²) in [6.07, 6.45) is 1.28. The van der Waals surface area contributed by atoms with Crippen LogP contribution < -0.4 is 4.74 Å². The van der Waals surface area contributed by atoms with Crippen LogP contribution in [0.4, 0.5) is 4.39 Å². The summed E-state index contributed by atoms with van der Waals surface area (Å²) in [6, 6.07) is 9.66. The number of morpholine rings is 1. The summed E-state index contributed by atoms with van der Waals surface area (Å²) >= 11 is 1.45. The first kappa shape index (κ1) is 19.8. The Bertz CT molecular complexity index is 835. The number of hydrogen-bond donors (Lipinski definition) is 0. The van der Waals surface area contributed by atoms with Crippen LogP contribution >= 0.6 is 11.3 Å². The molecule has 3 heterocycles. The van der Waals surface area contributed by atoms with E-state index in [9.17, 15) is 14.0 Å². The fourth-order valence-corrected chi connectivity index (χ4v) is 4.45. The maximum Gasteiger partial charge on any atom is 0.263 e. The van der Waals surface area contributed by atoms with E-state index in [2.05, 4.69) is 0 Å². The summed E-state index contributed by atoms with van der Waals surface area (Å²) in [4.78, 5) is 29.4. The molecule has 2 fully saturated rings. The van der Waals surface area contributed by atoms with Crippen molar-refractivity contribution in [1.82, 2.24) is 9.80 Å². The normalized spacial score (nSPS) is 20.7. The van der Waals surface area contributed by atoms with E-state index in [1.807, 2.05) is 27.3 Å². The highest BCUT2D eigenvalue weighted by Gasteiger charge is 2.34. The Hall–Kier alpha value is -2.45. The quantitative estimate of drug-likeness (QED) is 0.749. The largest absolute Gasteiger partial charge is 0.491 e. The Kier molecular flexibility index (Phi) is 6.10. The standard InChI is InChI=1S/C21H23FN2O4S/c22-15-3-5-17(6-4-15)27-13-18-12-24(20(25)14-28-18)16-7-9-23(10-8-16)21(26)19-2-1-11-29-19/h1-6,11,16,18H,7-10,12-14H2. The highest BCUT2D eigenvalue weighted by Crippen LogP contribution is 2.23. The summed E-state index contributed by atoms with van der Waals surface area (Å²) in [7, 11) is 0. The van der Waals surface area contributed by atoms with Gasteiger partial charge in [-0.25, -0.2) is 4.39 Å². The van der Waals surface area contributed by atoms with Crippen LogP contribution in [-0.2, 0) is 9.53 Å². The van der Waals surface area contributed by atoms with E-state index < -0.39 is 0 Å². The highest BCUT2D eigenvalue weighted by atomic mass is 32.1. The van der Waals surface area contributed by atoms with Gasteiger partial charge in [-0.15, -0.1) is 11.3 Å². The first-order chi connectivity index (χ1) is 14.1. The molecule has 1 unspecified atom stereocenters. The monoisotopic (exact) mass is 418 g/mol. The average Bonchev–Trinajstić information content (AvgIpc) is 3.29. The molecule has 2 aromatic rings. The van der Waals surface area contributed by atoms with Crippen LogP contribution in [0.3, 0.4) is 0 Å². The number of piperidine rings is 1. The molecule has 4 rings (SSSR count). The van der Waals surface area contributed by atoms with Crippen molar-refractivity contribution in [1.29, 1.82) is 0 Å². The number of thiophene rings is 1. The van der Waals surface area contributed by atoms with E-state index >= 15 is 0 Å². The average molecular weight is 418 g/mol. The van der Waals surface area contributed by atoms with Crippen LogP contribution in [0.5, 0.6) is 5.75 Å². The van der Waals surface area contributed by atoms with Crippen molar-refractivity contribution < 1.29 is 23.5 Å². The second-order valence-electron chi connectivity index (χ2n) is 7.24. The van der Waals surface area contributed by atoms with Crippen LogP contribution in [0.2, 0.25) is 0 Å². The molecule has 0 aliphatic carbocycles. The van der Waals surface area contributed by atoms with Gasteiger partial charge in [0, 0.05) is 19.1 Å². The fraction of sp³-hybridized carbons (Fsp3) is 0.429. The topological polar surface area (TPSA) is 59.1 Å². The van der Waals surface area contributed by atoms with Crippen LogP contribution in [0.15, 0.2) is 41.8 Å². The second kappa shape index (κ2) is 8.92. The molecule has 1 atom stereocenters. The van der Waals surface area contributed by atoms with Gasteiger partial charge in [0.05, 0.1) is 11.4 Å². The lowest BCUT2D eigenvalue weighted by Crippen LogP contribution is -2.55. The number of likely N-dealkylation sites (tertiary alicyclic amines) is 1. The molecule has 8 heteroatoms. The lowest BCUT2D eigenvalue weighted by molar-refractivity contribution is -0.155. The van der Waals surface area contributed by atoms with E-state index in [0.29, 0.717) is 32.0 Å². The third kappa shape index (κ3) is 4.76. The SMILES string of the molecule is O=C(c1cccs1)N1CCC(N2CC(COc3ccc(F)cc3)OCC2=O)CC1. The first-order valence-electron chi connectivity index (χ1n) is 9.72. The molecular weight excluding hydrogens is 395 g/mol. The molecule has 2 aliphatic rings. The van der Waals surface area contributed by atoms with E-state index in [0.717, 1.165) is 17.7 Å². The molecule has 2 amide bonds. The highest BCUT2D eigenvalue weighted by molar-refractivity contribution is 7.12. The number of benzene rings is 1. The number of carbonyl (C=O) groups is 2. The number of carbonyl (C=O) groups excluding carboxylic acids is 2. The van der Waals surface area contributed by atoms with Gasteiger partial charge in [-0.3, -0.25) is 9.59 Å². The summed E-state index contributed by atoms with van der Waals surface area (Å²) in [5.74, 6) is 0.300. The number of hydrogen-bond acceptors (Lipinski definition) is 5. The van der Waals surface area contributed by atoms with Crippen LogP contribution in [-0.4, -0.2) is 66.6 Å². The maximum atomic E-state index is 13.0. The van der Waals surface area contributed by atoms with Gasteiger partial charge >= 0.3 is 0 Å². The molecule has 0 radical (unpaired) electrons. The second-order valence-corrected chi connectivity index (χ2v) is 8.19. The minimum Gasteiger partial charge on any atom is -0.491 e. The molecule has 6 nitrogen and oxygen atoms in total. The summed E-state index contributed by atoms with van der Waals surface area (Å²) in [6.45, 7) is 2.08. The Labute approximate surface area is 172 Å². The summed E-state index contributed by atoms with van der Waals surface area (Å²) < 4.78 is 24.3. The minimum absolute atomic E-state index is 0.0222. The van der Waals surface area contributed by atoms with E-state index in [1.54, 1.807) is 12.1 Å². The van der Waals surface area contributed by atoms with Gasteiger partial charge in [0.1, 0.15) is 30.9 Å². The molecular formula is C21H23FN2O4S. The van der Waals surface area contributed by atoms with Gasteiger partial charge in [0.15, 0.2) is 0 Å². The zero-order valence-electron chi connectivity index (χ0n) is 16.0. The Balaban J connectivity index is 1.29. The van der Waals surface area contributed by atoms with Gasteiger partial charge in [0.2, 0.25) is 5.91 Å². The van der Waals surface area contributed by atoms with Crippen LogP contribution in [0.1, 0.15) is 22.5 Å². The van der Waals surface area contributed by atoms with Crippen molar-refractivity contribution in [3.63, 3.8) is 0 Å². The zero-order chi connectivity index (χ0) is 20.2. The van der Waals surface area contributed by atoms with Gasteiger partial charge in [0.25, 0.3) is 5.91 Å².